The standard InChI is InChI=1S/C8H13FN2O/c1-7(11)3-2-4-5(7)8(4,9)6(10)12/h4-5H,2-3,11H2,1H3,(H2,10,12)/t4-,5-,7+,8-/m1/s1. The summed E-state index contributed by atoms with van der Waals surface area (Å²) in [4.78, 5) is 10.8. The number of primary amides is 1. The first-order valence-corrected chi connectivity index (χ1v) is 4.18. The molecule has 0 aromatic carbocycles. The quantitative estimate of drug-likeness (QED) is 0.581. The minimum atomic E-state index is -1.79. The van der Waals surface area contributed by atoms with E-state index in [4.69, 9.17) is 11.5 Å². The Labute approximate surface area is 70.3 Å². The maximum absolute atomic E-state index is 13.7. The Kier molecular flexibility index (Phi) is 1.21. The number of fused-ring (bicyclic) bond motifs is 1. The number of rotatable bonds is 1. The summed E-state index contributed by atoms with van der Waals surface area (Å²) >= 11 is 0. The number of hydrogen-bond donors (Lipinski definition) is 2. The van der Waals surface area contributed by atoms with E-state index in [0.29, 0.717) is 6.42 Å². The van der Waals surface area contributed by atoms with Gasteiger partial charge >= 0.3 is 0 Å². The van der Waals surface area contributed by atoms with Crippen molar-refractivity contribution in [2.24, 2.45) is 23.3 Å². The van der Waals surface area contributed by atoms with E-state index in [1.165, 1.54) is 0 Å². The maximum atomic E-state index is 13.7. The zero-order valence-electron chi connectivity index (χ0n) is 7.01. The van der Waals surface area contributed by atoms with Gasteiger partial charge in [0.05, 0.1) is 0 Å². The summed E-state index contributed by atoms with van der Waals surface area (Å²) in [5.74, 6) is -1.37. The van der Waals surface area contributed by atoms with Crippen molar-refractivity contribution in [2.75, 3.05) is 0 Å². The van der Waals surface area contributed by atoms with Gasteiger partial charge in [-0.1, -0.05) is 0 Å². The molecule has 2 aliphatic carbocycles. The van der Waals surface area contributed by atoms with Gasteiger partial charge < -0.3 is 11.5 Å². The van der Waals surface area contributed by atoms with Gasteiger partial charge in [-0.15, -0.1) is 0 Å². The van der Waals surface area contributed by atoms with Crippen LogP contribution in [-0.4, -0.2) is 17.1 Å². The fourth-order valence-electron chi connectivity index (χ4n) is 2.70. The molecule has 0 radical (unpaired) electrons. The molecule has 4 N–H and O–H groups in total. The highest BCUT2D eigenvalue weighted by molar-refractivity contribution is 5.88. The second kappa shape index (κ2) is 1.82. The molecule has 0 heterocycles. The van der Waals surface area contributed by atoms with E-state index in [1.807, 2.05) is 0 Å². The highest BCUT2D eigenvalue weighted by Gasteiger charge is 2.77. The number of nitrogens with two attached hydrogens (primary N) is 2. The first-order valence-electron chi connectivity index (χ1n) is 4.18. The summed E-state index contributed by atoms with van der Waals surface area (Å²) in [6, 6.07) is 0. The summed E-state index contributed by atoms with van der Waals surface area (Å²) in [6.07, 6.45) is 1.48. The number of hydrogen-bond acceptors (Lipinski definition) is 2. The molecule has 0 aliphatic heterocycles. The highest BCUT2D eigenvalue weighted by Crippen LogP contribution is 2.66. The Hall–Kier alpha value is -0.640. The number of amides is 1. The average Bonchev–Trinajstić information content (AvgIpc) is 2.41. The van der Waals surface area contributed by atoms with Gasteiger partial charge in [0.15, 0.2) is 5.67 Å². The molecule has 4 atom stereocenters. The summed E-state index contributed by atoms with van der Waals surface area (Å²) < 4.78 is 13.7. The van der Waals surface area contributed by atoms with Crippen molar-refractivity contribution < 1.29 is 9.18 Å². The summed E-state index contributed by atoms with van der Waals surface area (Å²) in [6.45, 7) is 1.79. The van der Waals surface area contributed by atoms with Crippen LogP contribution in [0.2, 0.25) is 0 Å². The molecule has 0 aromatic rings. The van der Waals surface area contributed by atoms with E-state index in [2.05, 4.69) is 0 Å². The molecule has 4 heteroatoms. The van der Waals surface area contributed by atoms with Crippen LogP contribution in [0.1, 0.15) is 19.8 Å². The van der Waals surface area contributed by atoms with Crippen LogP contribution >= 0.6 is 0 Å². The van der Waals surface area contributed by atoms with Crippen molar-refractivity contribution in [1.29, 1.82) is 0 Å². The van der Waals surface area contributed by atoms with Crippen molar-refractivity contribution in [3.8, 4) is 0 Å². The molecule has 0 aromatic heterocycles. The smallest absolute Gasteiger partial charge is 0.255 e. The van der Waals surface area contributed by atoms with Crippen LogP contribution in [0.25, 0.3) is 0 Å². The highest BCUT2D eigenvalue weighted by atomic mass is 19.1. The van der Waals surface area contributed by atoms with Gasteiger partial charge in [-0.05, 0) is 19.8 Å². The topological polar surface area (TPSA) is 69.1 Å². The lowest BCUT2D eigenvalue weighted by Crippen LogP contribution is -2.44. The van der Waals surface area contributed by atoms with Gasteiger partial charge in [0, 0.05) is 17.4 Å². The van der Waals surface area contributed by atoms with Crippen molar-refractivity contribution in [3.63, 3.8) is 0 Å². The minimum absolute atomic E-state index is 0.204. The Morgan fingerprint density at radius 3 is 2.50 bits per heavy atom. The SMILES string of the molecule is C[C@]1(N)CC[C@@H]2[C@H]1[C@@]2(F)C(N)=O. The van der Waals surface area contributed by atoms with Crippen molar-refractivity contribution in [2.45, 2.75) is 31.0 Å². The summed E-state index contributed by atoms with van der Waals surface area (Å²) in [7, 11) is 0. The zero-order chi connectivity index (χ0) is 9.15. The van der Waals surface area contributed by atoms with Crippen molar-refractivity contribution in [3.05, 3.63) is 0 Å². The van der Waals surface area contributed by atoms with E-state index >= 15 is 0 Å². The number of alkyl halides is 1. The summed E-state index contributed by atoms with van der Waals surface area (Å²) in [5, 5.41) is 0. The molecule has 2 rings (SSSR count). The van der Waals surface area contributed by atoms with Crippen molar-refractivity contribution >= 4 is 5.91 Å². The van der Waals surface area contributed by atoms with E-state index < -0.39 is 17.1 Å². The van der Waals surface area contributed by atoms with Crippen LogP contribution in [-0.2, 0) is 4.79 Å². The molecular weight excluding hydrogens is 159 g/mol. The molecule has 2 fully saturated rings. The van der Waals surface area contributed by atoms with Crippen LogP contribution in [0.15, 0.2) is 0 Å². The Bertz CT molecular complexity index is 253. The third kappa shape index (κ3) is 0.665. The van der Waals surface area contributed by atoms with Crippen LogP contribution in [0.4, 0.5) is 4.39 Å². The lowest BCUT2D eigenvalue weighted by atomic mass is 9.93. The third-order valence-electron chi connectivity index (χ3n) is 3.37. The predicted molar refractivity (Wildman–Crippen MR) is 41.8 cm³/mol. The van der Waals surface area contributed by atoms with Gasteiger partial charge in [-0.2, -0.15) is 0 Å². The lowest BCUT2D eigenvalue weighted by Gasteiger charge is -2.22. The van der Waals surface area contributed by atoms with Crippen molar-refractivity contribution in [1.82, 2.24) is 0 Å². The molecule has 1 amide bonds. The molecule has 0 bridgehead atoms. The molecule has 0 spiro atoms. The predicted octanol–water partition coefficient (Wildman–Crippen LogP) is -0.0628. The molecule has 68 valence electrons. The first-order chi connectivity index (χ1) is 5.40. The Balaban J connectivity index is 2.26. The fourth-order valence-corrected chi connectivity index (χ4v) is 2.70. The first kappa shape index (κ1) is 7.98. The van der Waals surface area contributed by atoms with E-state index in [0.717, 1.165) is 6.42 Å². The number of carbonyl (C=O) groups excluding carboxylic acids is 1. The van der Waals surface area contributed by atoms with Crippen LogP contribution in [0.3, 0.4) is 0 Å². The largest absolute Gasteiger partial charge is 0.367 e. The summed E-state index contributed by atoms with van der Waals surface area (Å²) in [5.41, 5.74) is 8.48. The molecule has 0 unspecified atom stereocenters. The lowest BCUT2D eigenvalue weighted by molar-refractivity contribution is -0.126. The second-order valence-electron chi connectivity index (χ2n) is 4.26. The van der Waals surface area contributed by atoms with Gasteiger partial charge in [0.1, 0.15) is 0 Å². The molecule has 3 nitrogen and oxygen atoms in total. The maximum Gasteiger partial charge on any atom is 0.255 e. The monoisotopic (exact) mass is 172 g/mol. The third-order valence-corrected chi connectivity index (χ3v) is 3.37. The van der Waals surface area contributed by atoms with Gasteiger partial charge in [0.25, 0.3) is 5.91 Å². The normalized spacial score (nSPS) is 56.6. The molecule has 12 heavy (non-hydrogen) atoms. The molecule has 0 saturated heterocycles. The fraction of sp³-hybridized carbons (Fsp3) is 0.875. The van der Waals surface area contributed by atoms with Crippen LogP contribution < -0.4 is 11.5 Å². The average molecular weight is 172 g/mol. The zero-order valence-corrected chi connectivity index (χ0v) is 7.01. The Morgan fingerprint density at radius 2 is 2.25 bits per heavy atom. The second-order valence-corrected chi connectivity index (χ2v) is 4.26. The number of halogens is 1. The van der Waals surface area contributed by atoms with Gasteiger partial charge in [-0.3, -0.25) is 4.79 Å². The van der Waals surface area contributed by atoms with E-state index in [9.17, 15) is 9.18 Å². The minimum Gasteiger partial charge on any atom is -0.367 e. The molecular formula is C8H13FN2O. The van der Waals surface area contributed by atoms with E-state index in [-0.39, 0.29) is 11.8 Å². The number of carbonyl (C=O) groups is 1. The van der Waals surface area contributed by atoms with Crippen LogP contribution in [0.5, 0.6) is 0 Å². The molecule has 2 aliphatic rings. The molecule has 2 saturated carbocycles. The van der Waals surface area contributed by atoms with Crippen LogP contribution in [0, 0.1) is 11.8 Å². The van der Waals surface area contributed by atoms with Gasteiger partial charge in [-0.25, -0.2) is 4.39 Å². The van der Waals surface area contributed by atoms with E-state index in [1.54, 1.807) is 6.92 Å². The van der Waals surface area contributed by atoms with Gasteiger partial charge in [0.2, 0.25) is 0 Å². The Morgan fingerprint density at radius 1 is 1.67 bits per heavy atom.